The summed E-state index contributed by atoms with van der Waals surface area (Å²) in [6.07, 6.45) is 0. The van der Waals surface area contributed by atoms with Gasteiger partial charge in [-0.2, -0.15) is 0 Å². The van der Waals surface area contributed by atoms with Crippen LogP contribution in [-0.4, -0.2) is 49.6 Å². The second kappa shape index (κ2) is 5.37. The lowest BCUT2D eigenvalue weighted by Crippen LogP contribution is -2.58. The van der Waals surface area contributed by atoms with Crippen LogP contribution < -0.4 is 13.9 Å². The minimum atomic E-state index is -0.0779. The molecule has 0 aromatic heterocycles. The molecule has 11 heavy (non-hydrogen) atoms. The standard InChI is InChI=1S/C3H18N4Si4/c1-3(2)7-10-5-8-4-9-6-11-7/h3-6H,8-11H2,1-2H3. The van der Waals surface area contributed by atoms with Gasteiger partial charge in [0.15, 0.2) is 39.4 Å². The highest BCUT2D eigenvalue weighted by Crippen LogP contribution is 1.89. The third-order valence-corrected chi connectivity index (χ3v) is 11.3. The molecule has 0 spiro atoms. The zero-order chi connectivity index (χ0) is 8.10. The summed E-state index contributed by atoms with van der Waals surface area (Å²) in [5, 5.41) is 0. The van der Waals surface area contributed by atoms with E-state index < -0.39 is 0 Å². The number of hydrogen-bond donors (Lipinski definition) is 3. The van der Waals surface area contributed by atoms with E-state index in [-0.39, 0.29) is 39.4 Å². The van der Waals surface area contributed by atoms with Gasteiger partial charge in [0.1, 0.15) is 0 Å². The van der Waals surface area contributed by atoms with E-state index in [0.29, 0.717) is 0 Å². The fourth-order valence-corrected chi connectivity index (χ4v) is 13.4. The fraction of sp³-hybridized carbons (Fsp3) is 1.00. The van der Waals surface area contributed by atoms with Crippen molar-refractivity contribution in [1.29, 1.82) is 0 Å². The Bertz CT molecular complexity index is 104. The molecule has 8 heteroatoms. The molecule has 3 N–H and O–H groups in total. The summed E-state index contributed by atoms with van der Waals surface area (Å²) in [7, 11) is -0.297. The van der Waals surface area contributed by atoms with Crippen molar-refractivity contribution in [1.82, 2.24) is 18.2 Å². The Morgan fingerprint density at radius 1 is 1.00 bits per heavy atom. The van der Waals surface area contributed by atoms with E-state index in [2.05, 4.69) is 32.0 Å². The first-order valence-corrected chi connectivity index (χ1v) is 9.67. The van der Waals surface area contributed by atoms with E-state index in [0.717, 1.165) is 6.04 Å². The molecule has 1 fully saturated rings. The summed E-state index contributed by atoms with van der Waals surface area (Å²) in [5.74, 6) is 0. The third-order valence-electron chi connectivity index (χ3n) is 1.86. The third kappa shape index (κ3) is 3.75. The summed E-state index contributed by atoms with van der Waals surface area (Å²) >= 11 is 0. The lowest BCUT2D eigenvalue weighted by molar-refractivity contribution is 0.541. The number of nitrogens with zero attached hydrogens (tertiary/aromatic N) is 1. The van der Waals surface area contributed by atoms with Gasteiger partial charge in [0, 0.05) is 0 Å². The van der Waals surface area contributed by atoms with E-state index in [1.54, 1.807) is 0 Å². The lowest BCUT2D eigenvalue weighted by Gasteiger charge is -2.28. The topological polar surface area (TPSA) is 39.3 Å². The highest BCUT2D eigenvalue weighted by atomic mass is 28.4. The molecule has 0 aromatic carbocycles. The maximum atomic E-state index is 3.64. The Kier molecular flexibility index (Phi) is 4.78. The van der Waals surface area contributed by atoms with Crippen molar-refractivity contribution in [3.05, 3.63) is 0 Å². The summed E-state index contributed by atoms with van der Waals surface area (Å²) < 4.78 is 13.5. The Balaban J connectivity index is 2.26. The van der Waals surface area contributed by atoms with Crippen LogP contribution in [0.1, 0.15) is 13.8 Å². The van der Waals surface area contributed by atoms with Crippen molar-refractivity contribution in [2.24, 2.45) is 0 Å². The first-order valence-electron chi connectivity index (χ1n) is 4.17. The first kappa shape index (κ1) is 9.79. The van der Waals surface area contributed by atoms with Crippen molar-refractivity contribution in [3.8, 4) is 0 Å². The quantitative estimate of drug-likeness (QED) is 0.391. The molecule has 1 rings (SSSR count). The first-order chi connectivity index (χ1) is 5.30. The van der Waals surface area contributed by atoms with Gasteiger partial charge in [-0.1, -0.05) is 13.8 Å². The normalized spacial score (nSPS) is 31.9. The molecular weight excluding hydrogens is 204 g/mol. The van der Waals surface area contributed by atoms with E-state index in [4.69, 9.17) is 0 Å². The van der Waals surface area contributed by atoms with Crippen molar-refractivity contribution >= 4 is 39.4 Å². The average molecular weight is 223 g/mol. The van der Waals surface area contributed by atoms with E-state index in [9.17, 15) is 0 Å². The second-order valence-corrected chi connectivity index (χ2v) is 13.0. The summed E-state index contributed by atoms with van der Waals surface area (Å²) in [6, 6.07) is 0.773. The van der Waals surface area contributed by atoms with Gasteiger partial charge in [0.25, 0.3) is 0 Å². The van der Waals surface area contributed by atoms with Gasteiger partial charge in [0.05, 0.1) is 0 Å². The van der Waals surface area contributed by atoms with Crippen LogP contribution in [0.4, 0.5) is 0 Å². The monoisotopic (exact) mass is 222 g/mol. The molecule has 0 aromatic rings. The van der Waals surface area contributed by atoms with E-state index in [1.165, 1.54) is 0 Å². The van der Waals surface area contributed by atoms with Crippen LogP contribution in [0, 0.1) is 0 Å². The SMILES string of the molecule is CC(C)N1[SiH2]N[SiH2]N[SiH2]N[SiH2]1. The molecule has 0 atom stereocenters. The number of hydrogen-bond acceptors (Lipinski definition) is 4. The zero-order valence-electron chi connectivity index (χ0n) is 7.35. The summed E-state index contributed by atoms with van der Waals surface area (Å²) in [4.78, 5) is 0. The zero-order valence-corrected chi connectivity index (χ0v) is 13.0. The van der Waals surface area contributed by atoms with Gasteiger partial charge in [-0.25, -0.2) is 0 Å². The van der Waals surface area contributed by atoms with Crippen LogP contribution in [0.25, 0.3) is 0 Å². The van der Waals surface area contributed by atoms with Crippen LogP contribution >= 0.6 is 0 Å². The molecule has 4 nitrogen and oxygen atoms in total. The van der Waals surface area contributed by atoms with Gasteiger partial charge in [-0.05, 0) is 6.04 Å². The van der Waals surface area contributed by atoms with E-state index >= 15 is 0 Å². The van der Waals surface area contributed by atoms with Gasteiger partial charge in [0.2, 0.25) is 0 Å². The maximum Gasteiger partial charge on any atom is 0.158 e. The minimum Gasteiger partial charge on any atom is -0.346 e. The van der Waals surface area contributed by atoms with Crippen LogP contribution in [0.2, 0.25) is 0 Å². The van der Waals surface area contributed by atoms with Gasteiger partial charge < -0.3 is 18.2 Å². The Morgan fingerprint density at radius 2 is 1.55 bits per heavy atom. The largest absolute Gasteiger partial charge is 0.346 e. The predicted octanol–water partition coefficient (Wildman–Crippen LogP) is -4.53. The molecular formula is C3H18N4Si4. The molecule has 1 aliphatic rings. The molecule has 0 unspecified atom stereocenters. The molecule has 0 bridgehead atoms. The Hall–Kier alpha value is 0.708. The molecule has 0 aliphatic carbocycles. The molecule has 0 amide bonds. The molecule has 0 radical (unpaired) electrons. The molecule has 66 valence electrons. The fourth-order valence-electron chi connectivity index (χ4n) is 1.06. The van der Waals surface area contributed by atoms with Crippen molar-refractivity contribution in [2.75, 3.05) is 0 Å². The maximum absolute atomic E-state index is 3.64. The number of rotatable bonds is 1. The minimum absolute atomic E-state index is 0.0707. The molecule has 1 saturated heterocycles. The van der Waals surface area contributed by atoms with Crippen molar-refractivity contribution < 1.29 is 0 Å². The van der Waals surface area contributed by atoms with Crippen molar-refractivity contribution in [3.63, 3.8) is 0 Å². The summed E-state index contributed by atoms with van der Waals surface area (Å²) in [5.41, 5.74) is 0. The van der Waals surface area contributed by atoms with E-state index in [1.807, 2.05) is 0 Å². The number of nitrogens with one attached hydrogen (secondary N) is 3. The lowest BCUT2D eigenvalue weighted by atomic mass is 10.4. The van der Waals surface area contributed by atoms with Crippen LogP contribution in [0.5, 0.6) is 0 Å². The molecule has 1 aliphatic heterocycles. The molecule has 0 saturated carbocycles. The van der Waals surface area contributed by atoms with Gasteiger partial charge >= 0.3 is 0 Å². The van der Waals surface area contributed by atoms with Crippen LogP contribution in [-0.2, 0) is 0 Å². The van der Waals surface area contributed by atoms with Gasteiger partial charge in [-0.15, -0.1) is 0 Å². The summed E-state index contributed by atoms with van der Waals surface area (Å²) in [6.45, 7) is 4.61. The highest BCUT2D eigenvalue weighted by Gasteiger charge is 2.10. The predicted molar refractivity (Wildman–Crippen MR) is 60.6 cm³/mol. The smallest absolute Gasteiger partial charge is 0.158 e. The van der Waals surface area contributed by atoms with Gasteiger partial charge in [-0.3, -0.25) is 0 Å². The van der Waals surface area contributed by atoms with Crippen LogP contribution in [0.3, 0.4) is 0 Å². The Labute approximate surface area is 77.8 Å². The Morgan fingerprint density at radius 3 is 2.00 bits per heavy atom. The highest BCUT2D eigenvalue weighted by molar-refractivity contribution is 6.65. The van der Waals surface area contributed by atoms with Crippen LogP contribution in [0.15, 0.2) is 0 Å². The average Bonchev–Trinajstić information content (AvgIpc) is 1.84. The van der Waals surface area contributed by atoms with Crippen molar-refractivity contribution in [2.45, 2.75) is 19.9 Å². The molecule has 1 heterocycles. The second-order valence-electron chi connectivity index (χ2n) is 3.10.